The monoisotopic (exact) mass is 487 g/mol. The number of likely N-dealkylation sites (N-methyl/N-ethyl adjacent to an activating group) is 1. The first-order valence-electron chi connectivity index (χ1n) is 11.1. The minimum absolute atomic E-state index is 0.112. The lowest BCUT2D eigenvalue weighted by Crippen LogP contribution is -2.66. The van der Waals surface area contributed by atoms with Crippen LogP contribution in [-0.4, -0.2) is 65.3 Å². The van der Waals surface area contributed by atoms with Crippen LogP contribution in [0.3, 0.4) is 0 Å². The van der Waals surface area contributed by atoms with E-state index >= 15 is 0 Å². The Hall–Kier alpha value is -2.32. The first kappa shape index (κ1) is 22.5. The number of hydrogen-bond donors (Lipinski definition) is 1. The van der Waals surface area contributed by atoms with Crippen LogP contribution in [0.2, 0.25) is 10.0 Å². The molecule has 3 atom stereocenters. The lowest BCUT2D eigenvalue weighted by Gasteiger charge is -2.44. The summed E-state index contributed by atoms with van der Waals surface area (Å²) in [6.45, 7) is 5.96. The van der Waals surface area contributed by atoms with Crippen molar-refractivity contribution in [1.29, 1.82) is 0 Å². The molecule has 3 fully saturated rings. The topological polar surface area (TPSA) is 59.1 Å². The van der Waals surface area contributed by atoms with Crippen LogP contribution in [0.4, 0.5) is 10.5 Å². The first-order valence-corrected chi connectivity index (χ1v) is 11.9. The number of imide groups is 1. The van der Waals surface area contributed by atoms with Gasteiger partial charge in [0, 0.05) is 35.9 Å². The van der Waals surface area contributed by atoms with Gasteiger partial charge >= 0.3 is 6.03 Å². The minimum atomic E-state index is -0.461. The largest absolute Gasteiger partial charge is 0.343 e. The fraction of sp³-hybridized carbons (Fsp3) is 0.417. The fourth-order valence-corrected chi connectivity index (χ4v) is 5.73. The molecular weight excluding hydrogens is 461 g/mol. The molecule has 2 aromatic carbocycles. The van der Waals surface area contributed by atoms with Gasteiger partial charge in [-0.15, -0.1) is 0 Å². The molecule has 0 radical (unpaired) electrons. The number of halogens is 2. The zero-order chi connectivity index (χ0) is 23.4. The molecule has 2 aromatic rings. The van der Waals surface area contributed by atoms with Crippen molar-refractivity contribution in [3.8, 4) is 0 Å². The minimum Gasteiger partial charge on any atom is -0.343 e. The van der Waals surface area contributed by atoms with Gasteiger partial charge in [0.25, 0.3) is 5.91 Å². The van der Waals surface area contributed by atoms with Gasteiger partial charge in [0.05, 0.1) is 6.54 Å². The molecule has 0 saturated carbocycles. The Morgan fingerprint density at radius 3 is 2.45 bits per heavy atom. The third-order valence-electron chi connectivity index (χ3n) is 6.75. The zero-order valence-corrected chi connectivity index (χ0v) is 20.4. The number of fused-ring (bicyclic) bond motifs is 3. The van der Waals surface area contributed by atoms with E-state index in [-0.39, 0.29) is 24.8 Å². The van der Waals surface area contributed by atoms with Crippen molar-refractivity contribution in [3.63, 3.8) is 0 Å². The van der Waals surface area contributed by atoms with Gasteiger partial charge in [0.1, 0.15) is 18.5 Å². The second-order valence-corrected chi connectivity index (χ2v) is 9.96. The smallest absolute Gasteiger partial charge is 0.328 e. The van der Waals surface area contributed by atoms with Crippen LogP contribution in [0, 0.1) is 13.8 Å². The molecule has 3 amide bonds. The molecule has 0 bridgehead atoms. The molecule has 3 saturated heterocycles. The van der Waals surface area contributed by atoms with Crippen LogP contribution in [-0.2, 0) is 11.3 Å². The number of hydrogen-bond acceptors (Lipinski definition) is 5. The molecule has 0 spiro atoms. The summed E-state index contributed by atoms with van der Waals surface area (Å²) in [5.74, 6) is -0.202. The van der Waals surface area contributed by atoms with E-state index in [9.17, 15) is 9.59 Å². The van der Waals surface area contributed by atoms with Crippen molar-refractivity contribution in [3.05, 3.63) is 63.1 Å². The van der Waals surface area contributed by atoms with Crippen LogP contribution >= 0.6 is 23.2 Å². The van der Waals surface area contributed by atoms with Gasteiger partial charge < -0.3 is 9.80 Å². The number of urea groups is 1. The standard InChI is InChI=1S/C24H27Cl2N5O2/c1-14-9-15(2)11-18(10-14)29-7-4-8-30-20-21(27-23(29)30)28(3)24(33)31(22(20)32)13-16-5-6-17(25)12-19(16)26/h5-6,9-12,20-21,23,27H,4,7-8,13H2,1-3H3. The maximum absolute atomic E-state index is 13.7. The van der Waals surface area contributed by atoms with Gasteiger partial charge in [-0.05, 0) is 61.2 Å². The number of amides is 3. The number of benzene rings is 2. The number of rotatable bonds is 3. The van der Waals surface area contributed by atoms with Crippen LogP contribution < -0.4 is 10.2 Å². The molecule has 3 heterocycles. The summed E-state index contributed by atoms with van der Waals surface area (Å²) < 4.78 is 0. The Labute approximate surface area is 203 Å². The molecule has 0 aliphatic carbocycles. The number of carbonyl (C=O) groups excluding carboxylic acids is 2. The van der Waals surface area contributed by atoms with E-state index in [2.05, 4.69) is 47.2 Å². The van der Waals surface area contributed by atoms with Crippen LogP contribution in [0.5, 0.6) is 0 Å². The number of anilines is 1. The van der Waals surface area contributed by atoms with Gasteiger partial charge in [0.15, 0.2) is 0 Å². The molecular formula is C24H27Cl2N5O2. The van der Waals surface area contributed by atoms with E-state index in [4.69, 9.17) is 23.2 Å². The predicted molar refractivity (Wildman–Crippen MR) is 129 cm³/mol. The first-order chi connectivity index (χ1) is 15.7. The predicted octanol–water partition coefficient (Wildman–Crippen LogP) is 3.80. The summed E-state index contributed by atoms with van der Waals surface area (Å²) in [5.41, 5.74) is 4.21. The van der Waals surface area contributed by atoms with Gasteiger partial charge in [-0.1, -0.05) is 35.3 Å². The normalized spacial score (nSPS) is 25.5. The Kier molecular flexibility index (Phi) is 5.77. The van der Waals surface area contributed by atoms with Gasteiger partial charge in [-0.25, -0.2) is 4.79 Å². The van der Waals surface area contributed by atoms with E-state index in [1.54, 1.807) is 30.1 Å². The average molecular weight is 488 g/mol. The molecule has 3 aliphatic rings. The molecule has 3 aliphatic heterocycles. The Morgan fingerprint density at radius 2 is 1.76 bits per heavy atom. The van der Waals surface area contributed by atoms with E-state index in [1.165, 1.54) is 16.0 Å². The highest BCUT2D eigenvalue weighted by Crippen LogP contribution is 2.34. The van der Waals surface area contributed by atoms with Gasteiger partial charge in [-0.3, -0.25) is 19.9 Å². The number of nitrogens with one attached hydrogen (secondary N) is 1. The van der Waals surface area contributed by atoms with Crippen molar-refractivity contribution < 1.29 is 9.59 Å². The van der Waals surface area contributed by atoms with Crippen molar-refractivity contribution >= 4 is 40.8 Å². The van der Waals surface area contributed by atoms with Crippen LogP contribution in [0.1, 0.15) is 23.1 Å². The Morgan fingerprint density at radius 1 is 1.03 bits per heavy atom. The third-order valence-corrected chi connectivity index (χ3v) is 7.34. The van der Waals surface area contributed by atoms with E-state index < -0.39 is 12.2 Å². The van der Waals surface area contributed by atoms with Crippen LogP contribution in [0.25, 0.3) is 0 Å². The van der Waals surface area contributed by atoms with Crippen molar-refractivity contribution in [2.45, 2.75) is 45.3 Å². The average Bonchev–Trinajstić information content (AvgIpc) is 3.16. The number of aryl methyl sites for hydroxylation is 2. The van der Waals surface area contributed by atoms with Crippen molar-refractivity contribution in [2.75, 3.05) is 25.0 Å². The summed E-state index contributed by atoms with van der Waals surface area (Å²) >= 11 is 12.4. The van der Waals surface area contributed by atoms with Gasteiger partial charge in [-0.2, -0.15) is 0 Å². The summed E-state index contributed by atoms with van der Waals surface area (Å²) in [6, 6.07) is 10.8. The number of carbonyl (C=O) groups is 2. The summed E-state index contributed by atoms with van der Waals surface area (Å²) in [5, 5.41) is 4.52. The van der Waals surface area contributed by atoms with E-state index in [0.717, 1.165) is 25.2 Å². The molecule has 174 valence electrons. The summed E-state index contributed by atoms with van der Waals surface area (Å²) in [6.07, 6.45) is 0.383. The number of nitrogens with zero attached hydrogens (tertiary/aromatic N) is 4. The highest BCUT2D eigenvalue weighted by Gasteiger charge is 2.56. The quantitative estimate of drug-likeness (QED) is 0.713. The maximum Gasteiger partial charge on any atom is 0.328 e. The Balaban J connectivity index is 1.45. The summed E-state index contributed by atoms with van der Waals surface area (Å²) in [4.78, 5) is 34.3. The zero-order valence-electron chi connectivity index (χ0n) is 18.9. The molecule has 7 nitrogen and oxygen atoms in total. The molecule has 33 heavy (non-hydrogen) atoms. The molecule has 1 N–H and O–H groups in total. The highest BCUT2D eigenvalue weighted by molar-refractivity contribution is 6.35. The second-order valence-electron chi connectivity index (χ2n) is 9.11. The maximum atomic E-state index is 13.7. The molecule has 5 rings (SSSR count). The van der Waals surface area contributed by atoms with E-state index in [1.807, 2.05) is 0 Å². The SMILES string of the molecule is Cc1cc(C)cc(N2CCCN3C4C(=O)N(Cc5ccc(Cl)cc5Cl)C(=O)N(C)C4NC23)c1. The van der Waals surface area contributed by atoms with Crippen molar-refractivity contribution in [1.82, 2.24) is 20.0 Å². The fourth-order valence-electron chi connectivity index (χ4n) is 5.27. The second kappa shape index (κ2) is 8.47. The Bertz CT molecular complexity index is 1110. The lowest BCUT2D eigenvalue weighted by molar-refractivity contribution is -0.139. The molecule has 0 aromatic heterocycles. The highest BCUT2D eigenvalue weighted by atomic mass is 35.5. The van der Waals surface area contributed by atoms with E-state index in [0.29, 0.717) is 15.6 Å². The molecule has 9 heteroatoms. The molecule has 3 unspecified atom stereocenters. The van der Waals surface area contributed by atoms with Crippen molar-refractivity contribution in [2.24, 2.45) is 0 Å². The third kappa shape index (κ3) is 3.87. The lowest BCUT2D eigenvalue weighted by atomic mass is 10.1. The van der Waals surface area contributed by atoms with Gasteiger partial charge in [0.2, 0.25) is 0 Å². The summed E-state index contributed by atoms with van der Waals surface area (Å²) in [7, 11) is 1.75. The van der Waals surface area contributed by atoms with Crippen LogP contribution in [0.15, 0.2) is 36.4 Å².